The summed E-state index contributed by atoms with van der Waals surface area (Å²) >= 11 is 0. The van der Waals surface area contributed by atoms with Crippen molar-refractivity contribution in [1.29, 1.82) is 0 Å². The number of nitrogen functional groups attached to an aromatic ring is 1. The molecule has 2 aromatic rings. The zero-order valence-electron chi connectivity index (χ0n) is 27.1. The lowest BCUT2D eigenvalue weighted by Gasteiger charge is -2.33. The number of ether oxygens (including phenoxy) is 3. The highest BCUT2D eigenvalue weighted by atomic mass is 31.3. The number of nitrogens with two attached hydrogens (primary N) is 2. The number of phosphoric acid groups is 3. The summed E-state index contributed by atoms with van der Waals surface area (Å²) < 4.78 is 64.8. The quantitative estimate of drug-likeness (QED) is 0.0654. The van der Waals surface area contributed by atoms with Crippen molar-refractivity contribution >= 4 is 35.0 Å². The smallest absolute Gasteiger partial charge is 0.490 e. The number of methoxy groups -OCH3 is 1. The Bertz CT molecular complexity index is 1880. The zero-order valence-corrected chi connectivity index (χ0v) is 29.7. The number of rotatable bonds is 13. The maximum Gasteiger partial charge on any atom is 0.490 e. The lowest BCUT2D eigenvalue weighted by molar-refractivity contribution is -0.386. The van der Waals surface area contributed by atoms with Crippen molar-refractivity contribution < 1.29 is 70.7 Å². The first-order valence-corrected chi connectivity index (χ1v) is 18.6. The molecular weight excluding hydrogens is 735 g/mol. The molecule has 2 heterocycles. The van der Waals surface area contributed by atoms with E-state index in [4.69, 9.17) is 35.5 Å². The van der Waals surface area contributed by atoms with Crippen LogP contribution in [-0.2, 0) is 37.3 Å². The average molecular weight is 772 g/mol. The van der Waals surface area contributed by atoms with Gasteiger partial charge in [0.05, 0.1) is 48.6 Å². The van der Waals surface area contributed by atoms with Crippen LogP contribution in [0.15, 0.2) is 23.1 Å². The highest BCUT2D eigenvalue weighted by molar-refractivity contribution is 7.66. The Labute approximate surface area is 283 Å². The molecule has 1 aromatic carbocycles. The van der Waals surface area contributed by atoms with Crippen LogP contribution in [0.3, 0.4) is 0 Å². The van der Waals surface area contributed by atoms with Gasteiger partial charge in [-0.2, -0.15) is 13.6 Å². The van der Waals surface area contributed by atoms with E-state index in [-0.39, 0.29) is 41.3 Å². The van der Waals surface area contributed by atoms with Crippen molar-refractivity contribution in [1.82, 2.24) is 9.55 Å². The van der Waals surface area contributed by atoms with E-state index in [0.717, 1.165) is 10.8 Å². The van der Waals surface area contributed by atoms with Gasteiger partial charge in [0.15, 0.2) is 11.6 Å². The van der Waals surface area contributed by atoms with Gasteiger partial charge >= 0.3 is 29.2 Å². The molecule has 0 saturated carbocycles. The number of hydrogen-bond acceptors (Lipinski definition) is 16. The molecule has 1 aliphatic heterocycles. The topological polar surface area (TPSA) is 338 Å². The van der Waals surface area contributed by atoms with Crippen LogP contribution < -0.4 is 26.6 Å². The third kappa shape index (κ3) is 10.4. The maximum atomic E-state index is 13.0. The molecule has 9 N–H and O–H groups in total. The van der Waals surface area contributed by atoms with Gasteiger partial charge in [-0.25, -0.2) is 18.5 Å². The fraction of sp³-hybridized carbons (Fsp3) is 0.520. The van der Waals surface area contributed by atoms with Crippen LogP contribution in [0, 0.1) is 27.4 Å². The van der Waals surface area contributed by atoms with Crippen LogP contribution in [0.1, 0.15) is 51.3 Å². The molecule has 0 amide bonds. The van der Waals surface area contributed by atoms with E-state index in [1.165, 1.54) is 26.2 Å². The molecule has 0 aliphatic carbocycles. The van der Waals surface area contributed by atoms with Gasteiger partial charge in [-0.05, 0) is 13.0 Å². The summed E-state index contributed by atoms with van der Waals surface area (Å²) in [6.07, 6.45) is -3.44. The summed E-state index contributed by atoms with van der Waals surface area (Å²) in [5.74, 6) is 4.88. The highest BCUT2D eigenvalue weighted by Crippen LogP contribution is 2.66. The summed E-state index contributed by atoms with van der Waals surface area (Å²) in [6.45, 7) is 5.45. The Morgan fingerprint density at radius 1 is 1.18 bits per heavy atom. The van der Waals surface area contributed by atoms with Crippen molar-refractivity contribution in [3.63, 3.8) is 0 Å². The van der Waals surface area contributed by atoms with Crippen LogP contribution in [0.2, 0.25) is 0 Å². The Hall–Kier alpha value is -3.25. The fourth-order valence-electron chi connectivity index (χ4n) is 4.82. The predicted molar refractivity (Wildman–Crippen MR) is 170 cm³/mol. The van der Waals surface area contributed by atoms with E-state index in [1.807, 2.05) is 0 Å². The molecule has 22 nitrogen and oxygen atoms in total. The minimum absolute atomic E-state index is 0.0113. The van der Waals surface area contributed by atoms with Gasteiger partial charge in [0.25, 0.3) is 5.69 Å². The number of nitro groups is 1. The second-order valence-electron chi connectivity index (χ2n) is 11.9. The summed E-state index contributed by atoms with van der Waals surface area (Å²) in [4.78, 5) is 64.9. The first-order chi connectivity index (χ1) is 22.8. The molecular formula is C25H36N5O17P3. The van der Waals surface area contributed by atoms with Crippen LogP contribution >= 0.6 is 23.5 Å². The molecule has 50 heavy (non-hydrogen) atoms. The third-order valence-corrected chi connectivity index (χ3v) is 10.7. The fourth-order valence-corrected chi connectivity index (χ4v) is 7.85. The number of anilines is 1. The first kappa shape index (κ1) is 41.2. The number of phosphoric ester groups is 1. The second-order valence-corrected chi connectivity index (χ2v) is 16.3. The molecule has 6 atom stereocenters. The largest absolute Gasteiger partial charge is 0.495 e. The van der Waals surface area contributed by atoms with Gasteiger partial charge in [-0.1, -0.05) is 32.6 Å². The Morgan fingerprint density at radius 2 is 1.82 bits per heavy atom. The molecule has 0 radical (unpaired) electrons. The number of nitro benzene ring substituents is 1. The van der Waals surface area contributed by atoms with Gasteiger partial charge in [0.1, 0.15) is 23.7 Å². The molecule has 25 heteroatoms. The van der Waals surface area contributed by atoms with E-state index in [0.29, 0.717) is 0 Å². The van der Waals surface area contributed by atoms with Crippen molar-refractivity contribution in [2.45, 2.75) is 58.2 Å². The zero-order chi connectivity index (χ0) is 38.0. The molecule has 1 saturated heterocycles. The summed E-state index contributed by atoms with van der Waals surface area (Å²) in [5, 5.41) is 22.9. The number of aromatic nitrogens is 2. The normalized spacial score (nSPS) is 22.5. The van der Waals surface area contributed by atoms with Gasteiger partial charge in [-0.15, -0.1) is 0 Å². The second kappa shape index (κ2) is 15.2. The Balaban J connectivity index is 1.96. The third-order valence-electron chi connectivity index (χ3n) is 6.86. The number of aliphatic hydroxyl groups excluding tert-OH is 1. The van der Waals surface area contributed by atoms with E-state index in [9.17, 15) is 43.5 Å². The van der Waals surface area contributed by atoms with Crippen molar-refractivity contribution in [2.75, 3.05) is 26.0 Å². The lowest BCUT2D eigenvalue weighted by atomic mass is 9.83. The minimum Gasteiger partial charge on any atom is -0.495 e. The molecule has 1 aromatic heterocycles. The Kier molecular flexibility index (Phi) is 12.5. The summed E-state index contributed by atoms with van der Waals surface area (Å²) in [5.41, 5.74) is 7.73. The molecule has 278 valence electrons. The van der Waals surface area contributed by atoms with E-state index < -0.39 is 76.0 Å². The molecule has 1 fully saturated rings. The van der Waals surface area contributed by atoms with Crippen LogP contribution in [-0.4, -0.2) is 71.6 Å². The lowest BCUT2D eigenvalue weighted by Crippen LogP contribution is -2.40. The van der Waals surface area contributed by atoms with Gasteiger partial charge < -0.3 is 50.4 Å². The molecule has 3 rings (SSSR count). The van der Waals surface area contributed by atoms with E-state index in [1.54, 1.807) is 20.8 Å². The minimum atomic E-state index is -5.81. The molecule has 1 aliphatic rings. The van der Waals surface area contributed by atoms with E-state index >= 15 is 0 Å². The van der Waals surface area contributed by atoms with Gasteiger partial charge in [0.2, 0.25) is 0 Å². The van der Waals surface area contributed by atoms with Crippen LogP contribution in [0.25, 0.3) is 0 Å². The number of aliphatic hydroxyl groups is 1. The SMILES string of the molecule is COc1cc([C@@H](Oc2cn([C@@]3(C)C[C@H](O)[C@@H](COP(=O)(O)OP(=O)(O)OP(=O)(O)O)O3)c(=O)nc2N)C(C)(C)C)c([N+](=O)[O-])cc1C#CCN. The average Bonchev–Trinajstić information content (AvgIpc) is 3.25. The molecule has 2 unspecified atom stereocenters. The summed E-state index contributed by atoms with van der Waals surface area (Å²) in [6, 6.07) is 2.59. The number of nitrogens with zero attached hydrogens (tertiary/aromatic N) is 3. The maximum absolute atomic E-state index is 13.0. The van der Waals surface area contributed by atoms with Crippen molar-refractivity contribution in [2.24, 2.45) is 11.1 Å². The highest BCUT2D eigenvalue weighted by Gasteiger charge is 2.47. The van der Waals surface area contributed by atoms with E-state index in [2.05, 4.69) is 30.0 Å². The first-order valence-electron chi connectivity index (χ1n) is 14.1. The summed E-state index contributed by atoms with van der Waals surface area (Å²) in [7, 11) is -15.7. The van der Waals surface area contributed by atoms with Gasteiger partial charge in [0, 0.05) is 17.9 Å². The van der Waals surface area contributed by atoms with Gasteiger partial charge in [-0.3, -0.25) is 19.2 Å². The number of hydrogen-bond donors (Lipinski definition) is 7. The van der Waals surface area contributed by atoms with Crippen molar-refractivity contribution in [3.05, 3.63) is 50.1 Å². The standard InChI is InChI=1S/C25H36N5O17P3/c1-24(2,3)21(15-10-18(42-5)14(7-6-8-26)9-16(15)30(33)34)44-19-12-29(23(32)28-22(19)27)25(4)11-17(31)20(45-25)13-43-49(38,39)47-50(40,41)46-48(35,36)37/h9-10,12,17,20-21,31H,8,11,13,26H2,1-5H3,(H,38,39)(H,40,41)(H2,27,28,32)(H2,35,36,37)/t17-,20+,21+,25+/m0/s1. The van der Waals surface area contributed by atoms with Crippen molar-refractivity contribution in [3.8, 4) is 23.3 Å². The molecule has 0 spiro atoms. The number of benzene rings is 1. The molecule has 0 bridgehead atoms. The Morgan fingerprint density at radius 3 is 2.36 bits per heavy atom. The monoisotopic (exact) mass is 771 g/mol. The predicted octanol–water partition coefficient (Wildman–Crippen LogP) is 1.38. The van der Waals surface area contributed by atoms with Crippen LogP contribution in [0.4, 0.5) is 11.5 Å². The van der Waals surface area contributed by atoms with Crippen LogP contribution in [0.5, 0.6) is 11.5 Å².